The Kier molecular flexibility index (Phi) is 1.86. The van der Waals surface area contributed by atoms with Gasteiger partial charge in [0.2, 0.25) is 6.79 Å². The van der Waals surface area contributed by atoms with Crippen molar-refractivity contribution in [1.29, 1.82) is 0 Å². The van der Waals surface area contributed by atoms with E-state index in [1.807, 2.05) is 0 Å². The zero-order chi connectivity index (χ0) is 11.3. The number of benzene rings is 1. The fraction of sp³-hybridized carbons (Fsp3) is 0.364. The van der Waals surface area contributed by atoms with Gasteiger partial charge in [0.25, 0.3) is 0 Å². The highest BCUT2D eigenvalue weighted by Crippen LogP contribution is 2.56. The van der Waals surface area contributed by atoms with Crippen molar-refractivity contribution in [3.05, 3.63) is 22.7 Å². The average molecular weight is 241 g/mol. The summed E-state index contributed by atoms with van der Waals surface area (Å²) in [6.07, 6.45) is 1.20. The van der Waals surface area contributed by atoms with Crippen LogP contribution >= 0.6 is 11.6 Å². The number of fused-ring (bicyclic) bond motifs is 1. The van der Waals surface area contributed by atoms with Crippen molar-refractivity contribution >= 4 is 17.6 Å². The van der Waals surface area contributed by atoms with Gasteiger partial charge in [0, 0.05) is 10.6 Å². The van der Waals surface area contributed by atoms with Crippen LogP contribution in [0.15, 0.2) is 12.1 Å². The van der Waals surface area contributed by atoms with Crippen molar-refractivity contribution in [3.63, 3.8) is 0 Å². The van der Waals surface area contributed by atoms with E-state index in [4.69, 9.17) is 21.1 Å². The second-order valence-electron chi connectivity index (χ2n) is 4.04. The summed E-state index contributed by atoms with van der Waals surface area (Å²) in [4.78, 5) is 11.3. The predicted molar refractivity (Wildman–Crippen MR) is 56.1 cm³/mol. The molecule has 1 fully saturated rings. The van der Waals surface area contributed by atoms with Gasteiger partial charge in [-0.15, -0.1) is 0 Å². The molecule has 0 amide bonds. The quantitative estimate of drug-likeness (QED) is 0.861. The number of hydrogen-bond acceptors (Lipinski definition) is 3. The van der Waals surface area contributed by atoms with E-state index in [2.05, 4.69) is 0 Å². The molecule has 0 bridgehead atoms. The van der Waals surface area contributed by atoms with Crippen molar-refractivity contribution in [2.45, 2.75) is 18.3 Å². The fourth-order valence-corrected chi connectivity index (χ4v) is 2.42. The lowest BCUT2D eigenvalue weighted by atomic mass is 9.94. The predicted octanol–water partition coefficient (Wildman–Crippen LogP) is 2.18. The smallest absolute Gasteiger partial charge is 0.314 e. The maximum absolute atomic E-state index is 11.3. The van der Waals surface area contributed by atoms with Crippen LogP contribution in [0.1, 0.15) is 18.4 Å². The Balaban J connectivity index is 2.21. The molecule has 1 aromatic carbocycles. The van der Waals surface area contributed by atoms with Crippen molar-refractivity contribution in [3.8, 4) is 11.5 Å². The van der Waals surface area contributed by atoms with E-state index in [-0.39, 0.29) is 6.79 Å². The molecule has 2 aliphatic rings. The molecule has 0 aromatic heterocycles. The Morgan fingerprint density at radius 2 is 2.12 bits per heavy atom. The molecule has 5 heteroatoms. The van der Waals surface area contributed by atoms with E-state index in [1.54, 1.807) is 12.1 Å². The molecule has 0 unspecified atom stereocenters. The molecule has 1 aliphatic carbocycles. The largest absolute Gasteiger partial charge is 0.481 e. The summed E-state index contributed by atoms with van der Waals surface area (Å²) in [6, 6.07) is 3.36. The third-order valence-electron chi connectivity index (χ3n) is 3.13. The standard InChI is InChI=1S/C11H9ClO4/c12-6-1-2-7-9(16-5-15-7)8(6)11(3-4-11)10(13)14/h1-2H,3-5H2,(H,13,14). The van der Waals surface area contributed by atoms with Crippen LogP contribution in [0.5, 0.6) is 11.5 Å². The van der Waals surface area contributed by atoms with Crippen LogP contribution in [0.2, 0.25) is 5.02 Å². The van der Waals surface area contributed by atoms with Gasteiger partial charge in [-0.3, -0.25) is 4.79 Å². The summed E-state index contributed by atoms with van der Waals surface area (Å²) in [5, 5.41) is 9.69. The van der Waals surface area contributed by atoms with Gasteiger partial charge in [-0.25, -0.2) is 0 Å². The number of ether oxygens (including phenoxy) is 2. The van der Waals surface area contributed by atoms with Gasteiger partial charge >= 0.3 is 5.97 Å². The summed E-state index contributed by atoms with van der Waals surface area (Å²) in [5.74, 6) is 0.220. The molecule has 1 N–H and O–H groups in total. The number of carboxylic acids is 1. The lowest BCUT2D eigenvalue weighted by molar-refractivity contribution is -0.140. The summed E-state index contributed by atoms with van der Waals surface area (Å²) >= 11 is 6.08. The van der Waals surface area contributed by atoms with Crippen molar-refractivity contribution < 1.29 is 19.4 Å². The number of halogens is 1. The van der Waals surface area contributed by atoms with E-state index < -0.39 is 11.4 Å². The van der Waals surface area contributed by atoms with Gasteiger partial charge in [-0.2, -0.15) is 0 Å². The van der Waals surface area contributed by atoms with Crippen LogP contribution in [-0.4, -0.2) is 17.9 Å². The van der Waals surface area contributed by atoms with E-state index in [9.17, 15) is 9.90 Å². The number of carbonyl (C=O) groups is 1. The highest BCUT2D eigenvalue weighted by Gasteiger charge is 2.55. The normalized spacial score (nSPS) is 19.6. The molecule has 84 valence electrons. The molecule has 1 saturated carbocycles. The van der Waals surface area contributed by atoms with Crippen LogP contribution in [0, 0.1) is 0 Å². The zero-order valence-corrected chi connectivity index (χ0v) is 9.08. The number of hydrogen-bond donors (Lipinski definition) is 1. The molecule has 1 heterocycles. The van der Waals surface area contributed by atoms with Crippen LogP contribution in [0.3, 0.4) is 0 Å². The molecular weight excluding hydrogens is 232 g/mol. The molecule has 3 rings (SSSR count). The van der Waals surface area contributed by atoms with Gasteiger partial charge in [-0.05, 0) is 25.0 Å². The first-order chi connectivity index (χ1) is 7.65. The average Bonchev–Trinajstić information content (AvgIpc) is 2.90. The molecule has 1 aliphatic heterocycles. The van der Waals surface area contributed by atoms with Crippen molar-refractivity contribution in [1.82, 2.24) is 0 Å². The number of carboxylic acid groups (broad SMARTS) is 1. The van der Waals surface area contributed by atoms with Crippen molar-refractivity contribution in [2.24, 2.45) is 0 Å². The summed E-state index contributed by atoms with van der Waals surface area (Å²) in [7, 11) is 0. The topological polar surface area (TPSA) is 55.8 Å². The molecule has 0 radical (unpaired) electrons. The minimum Gasteiger partial charge on any atom is -0.481 e. The molecule has 0 spiro atoms. The molecule has 0 atom stereocenters. The van der Waals surface area contributed by atoms with E-state index >= 15 is 0 Å². The minimum atomic E-state index is -0.865. The fourth-order valence-electron chi connectivity index (χ4n) is 2.09. The molecule has 4 nitrogen and oxygen atoms in total. The minimum absolute atomic E-state index is 0.123. The van der Waals surface area contributed by atoms with E-state index in [1.165, 1.54) is 0 Å². The molecule has 16 heavy (non-hydrogen) atoms. The monoisotopic (exact) mass is 240 g/mol. The lowest BCUT2D eigenvalue weighted by Gasteiger charge is -2.14. The lowest BCUT2D eigenvalue weighted by Crippen LogP contribution is -2.20. The highest BCUT2D eigenvalue weighted by atomic mass is 35.5. The maximum Gasteiger partial charge on any atom is 0.314 e. The first-order valence-corrected chi connectivity index (χ1v) is 5.35. The van der Waals surface area contributed by atoms with Gasteiger partial charge in [-0.1, -0.05) is 11.6 Å². The summed E-state index contributed by atoms with van der Waals surface area (Å²) in [6.45, 7) is 0.123. The SMILES string of the molecule is O=C(O)C1(c2c(Cl)ccc3c2OCO3)CC1. The Morgan fingerprint density at radius 3 is 2.75 bits per heavy atom. The van der Waals surface area contributed by atoms with Crippen LogP contribution in [0.4, 0.5) is 0 Å². The van der Waals surface area contributed by atoms with Gasteiger partial charge in [0.15, 0.2) is 11.5 Å². The molecule has 0 saturated heterocycles. The van der Waals surface area contributed by atoms with Gasteiger partial charge < -0.3 is 14.6 Å². The number of rotatable bonds is 2. The Labute approximate surface area is 96.7 Å². The third kappa shape index (κ3) is 1.13. The van der Waals surface area contributed by atoms with Gasteiger partial charge in [0.1, 0.15) is 0 Å². The Morgan fingerprint density at radius 1 is 1.38 bits per heavy atom. The van der Waals surface area contributed by atoms with Crippen LogP contribution in [-0.2, 0) is 10.2 Å². The maximum atomic E-state index is 11.3. The summed E-state index contributed by atoms with van der Waals surface area (Å²) in [5.41, 5.74) is -0.299. The Hall–Kier alpha value is -1.42. The second-order valence-corrected chi connectivity index (χ2v) is 4.45. The van der Waals surface area contributed by atoms with Crippen LogP contribution in [0.25, 0.3) is 0 Å². The highest BCUT2D eigenvalue weighted by molar-refractivity contribution is 6.32. The first kappa shape index (κ1) is 9.78. The third-order valence-corrected chi connectivity index (χ3v) is 3.44. The number of aliphatic carboxylic acids is 1. The van der Waals surface area contributed by atoms with Gasteiger partial charge in [0.05, 0.1) is 5.41 Å². The first-order valence-electron chi connectivity index (χ1n) is 4.97. The zero-order valence-electron chi connectivity index (χ0n) is 8.33. The van der Waals surface area contributed by atoms with Crippen molar-refractivity contribution in [2.75, 3.05) is 6.79 Å². The summed E-state index contributed by atoms with van der Waals surface area (Å²) < 4.78 is 10.5. The molecular formula is C11H9ClO4. The van der Waals surface area contributed by atoms with E-state index in [0.29, 0.717) is 34.9 Å². The molecule has 1 aromatic rings. The van der Waals surface area contributed by atoms with Crippen LogP contribution < -0.4 is 9.47 Å². The Bertz CT molecular complexity index is 479. The van der Waals surface area contributed by atoms with E-state index in [0.717, 1.165) is 0 Å². The second kappa shape index (κ2) is 3.04.